The number of aryl methyl sites for hydroxylation is 2. The zero-order valence-corrected chi connectivity index (χ0v) is 15.2. The number of benzene rings is 1. The summed E-state index contributed by atoms with van der Waals surface area (Å²) in [6, 6.07) is 4.05. The Hall–Kier alpha value is -0.550. The standard InChI is InChI=1S/C15H17BrClN3.ClH/c1-9-12(17)4-3-11-14(9)19-10(2)13(16)15(11)20-7-5-18-6-8-20;/h3-4,18H,5-8H2,1-2H3;1H. The van der Waals surface area contributed by atoms with Crippen molar-refractivity contribution in [1.82, 2.24) is 10.3 Å². The largest absolute Gasteiger partial charge is 0.367 e. The average molecular weight is 391 g/mol. The zero-order valence-electron chi connectivity index (χ0n) is 12.0. The van der Waals surface area contributed by atoms with Gasteiger partial charge in [0, 0.05) is 36.6 Å². The minimum Gasteiger partial charge on any atom is -0.367 e. The lowest BCUT2D eigenvalue weighted by atomic mass is 10.1. The molecule has 114 valence electrons. The number of pyridine rings is 1. The third kappa shape index (κ3) is 3.00. The summed E-state index contributed by atoms with van der Waals surface area (Å²) in [7, 11) is 0. The first-order valence-electron chi connectivity index (χ1n) is 6.80. The average Bonchev–Trinajstić information content (AvgIpc) is 2.46. The van der Waals surface area contributed by atoms with Crippen LogP contribution in [0.4, 0.5) is 5.69 Å². The minimum atomic E-state index is 0. The first kappa shape index (κ1) is 16.8. The maximum atomic E-state index is 6.24. The van der Waals surface area contributed by atoms with Crippen LogP contribution in [-0.2, 0) is 0 Å². The van der Waals surface area contributed by atoms with E-state index in [-0.39, 0.29) is 12.4 Å². The number of piperazine rings is 1. The molecule has 3 rings (SSSR count). The molecule has 2 heterocycles. The summed E-state index contributed by atoms with van der Waals surface area (Å²) < 4.78 is 1.09. The molecule has 1 aromatic carbocycles. The van der Waals surface area contributed by atoms with Crippen molar-refractivity contribution in [2.24, 2.45) is 0 Å². The Morgan fingerprint density at radius 3 is 2.57 bits per heavy atom. The SMILES string of the molecule is Cc1nc2c(C)c(Cl)ccc2c(N2CCNCC2)c1Br.Cl. The van der Waals surface area contributed by atoms with Crippen LogP contribution < -0.4 is 10.2 Å². The molecule has 0 amide bonds. The number of hydrogen-bond donors (Lipinski definition) is 1. The van der Waals surface area contributed by atoms with E-state index in [4.69, 9.17) is 16.6 Å². The van der Waals surface area contributed by atoms with Crippen LogP contribution in [0.3, 0.4) is 0 Å². The highest BCUT2D eigenvalue weighted by Crippen LogP contribution is 2.38. The highest BCUT2D eigenvalue weighted by Gasteiger charge is 2.20. The van der Waals surface area contributed by atoms with E-state index >= 15 is 0 Å². The second-order valence-electron chi connectivity index (χ2n) is 5.17. The molecular formula is C15H18BrCl2N3. The Labute approximate surface area is 144 Å². The molecular weight excluding hydrogens is 373 g/mol. The van der Waals surface area contributed by atoms with E-state index in [1.54, 1.807) is 0 Å². The van der Waals surface area contributed by atoms with Gasteiger partial charge in [-0.1, -0.05) is 11.6 Å². The van der Waals surface area contributed by atoms with Crippen molar-refractivity contribution in [2.45, 2.75) is 13.8 Å². The number of halogens is 3. The van der Waals surface area contributed by atoms with Gasteiger partial charge in [0.1, 0.15) is 0 Å². The first-order valence-corrected chi connectivity index (χ1v) is 7.97. The molecule has 1 aromatic heterocycles. The normalized spacial score (nSPS) is 15.1. The maximum Gasteiger partial charge on any atom is 0.0770 e. The summed E-state index contributed by atoms with van der Waals surface area (Å²) >= 11 is 9.96. The Balaban J connectivity index is 0.00000161. The van der Waals surface area contributed by atoms with Gasteiger partial charge in [0.05, 0.1) is 21.4 Å². The molecule has 6 heteroatoms. The summed E-state index contributed by atoms with van der Waals surface area (Å²) in [5.74, 6) is 0. The van der Waals surface area contributed by atoms with Gasteiger partial charge in [0.25, 0.3) is 0 Å². The van der Waals surface area contributed by atoms with Crippen LogP contribution in [0.5, 0.6) is 0 Å². The number of anilines is 1. The van der Waals surface area contributed by atoms with E-state index in [1.807, 2.05) is 19.9 Å². The van der Waals surface area contributed by atoms with Gasteiger partial charge in [-0.25, -0.2) is 0 Å². The Morgan fingerprint density at radius 2 is 1.90 bits per heavy atom. The first-order chi connectivity index (χ1) is 9.59. The van der Waals surface area contributed by atoms with Crippen molar-refractivity contribution >= 4 is 56.5 Å². The lowest BCUT2D eigenvalue weighted by molar-refractivity contribution is 0.589. The van der Waals surface area contributed by atoms with Gasteiger partial charge in [-0.3, -0.25) is 4.98 Å². The predicted octanol–water partition coefficient (Wildman–Crippen LogP) is 4.10. The molecule has 1 fully saturated rings. The van der Waals surface area contributed by atoms with Crippen molar-refractivity contribution in [3.05, 3.63) is 32.9 Å². The monoisotopic (exact) mass is 389 g/mol. The Bertz CT molecular complexity index is 670. The number of nitrogens with one attached hydrogen (secondary N) is 1. The second-order valence-corrected chi connectivity index (χ2v) is 6.37. The summed E-state index contributed by atoms with van der Waals surface area (Å²) in [6.07, 6.45) is 0. The van der Waals surface area contributed by atoms with Gasteiger partial charge in [-0.2, -0.15) is 0 Å². The van der Waals surface area contributed by atoms with Crippen molar-refractivity contribution in [3.8, 4) is 0 Å². The predicted molar refractivity (Wildman–Crippen MR) is 96.3 cm³/mol. The fourth-order valence-corrected chi connectivity index (χ4v) is 3.42. The van der Waals surface area contributed by atoms with E-state index in [0.717, 1.165) is 52.4 Å². The third-order valence-electron chi connectivity index (χ3n) is 3.86. The molecule has 0 spiro atoms. The highest BCUT2D eigenvalue weighted by molar-refractivity contribution is 9.10. The number of nitrogens with zero attached hydrogens (tertiary/aromatic N) is 2. The van der Waals surface area contributed by atoms with Crippen LogP contribution in [0, 0.1) is 13.8 Å². The number of fused-ring (bicyclic) bond motifs is 1. The van der Waals surface area contributed by atoms with E-state index < -0.39 is 0 Å². The lowest BCUT2D eigenvalue weighted by Gasteiger charge is -2.31. The maximum absolute atomic E-state index is 6.24. The quantitative estimate of drug-likeness (QED) is 0.794. The van der Waals surface area contributed by atoms with E-state index in [9.17, 15) is 0 Å². The molecule has 0 atom stereocenters. The van der Waals surface area contributed by atoms with Gasteiger partial charge in [-0.05, 0) is 47.5 Å². The molecule has 1 N–H and O–H groups in total. The molecule has 3 nitrogen and oxygen atoms in total. The molecule has 0 bridgehead atoms. The topological polar surface area (TPSA) is 28.2 Å². The van der Waals surface area contributed by atoms with Crippen LogP contribution >= 0.6 is 39.9 Å². The van der Waals surface area contributed by atoms with Crippen molar-refractivity contribution in [1.29, 1.82) is 0 Å². The molecule has 21 heavy (non-hydrogen) atoms. The fraction of sp³-hybridized carbons (Fsp3) is 0.400. The summed E-state index contributed by atoms with van der Waals surface area (Å²) in [4.78, 5) is 7.14. The molecule has 0 unspecified atom stereocenters. The van der Waals surface area contributed by atoms with Crippen molar-refractivity contribution in [3.63, 3.8) is 0 Å². The molecule has 0 aliphatic carbocycles. The molecule has 0 saturated carbocycles. The number of aromatic nitrogens is 1. The number of hydrogen-bond acceptors (Lipinski definition) is 3. The minimum absolute atomic E-state index is 0. The lowest BCUT2D eigenvalue weighted by Crippen LogP contribution is -2.43. The number of rotatable bonds is 1. The summed E-state index contributed by atoms with van der Waals surface area (Å²) in [5, 5.41) is 5.34. The van der Waals surface area contributed by atoms with Crippen LogP contribution in [0.15, 0.2) is 16.6 Å². The van der Waals surface area contributed by atoms with Gasteiger partial charge >= 0.3 is 0 Å². The van der Waals surface area contributed by atoms with Gasteiger partial charge < -0.3 is 10.2 Å². The van der Waals surface area contributed by atoms with Crippen molar-refractivity contribution < 1.29 is 0 Å². The van der Waals surface area contributed by atoms with Gasteiger partial charge in [-0.15, -0.1) is 12.4 Å². The molecule has 1 aliphatic heterocycles. The highest BCUT2D eigenvalue weighted by atomic mass is 79.9. The molecule has 2 aromatic rings. The molecule has 1 aliphatic rings. The van der Waals surface area contributed by atoms with Crippen molar-refractivity contribution in [2.75, 3.05) is 31.1 Å². The van der Waals surface area contributed by atoms with Crippen LogP contribution in [0.2, 0.25) is 5.02 Å². The molecule has 0 radical (unpaired) electrons. The summed E-state index contributed by atoms with van der Waals surface area (Å²) in [5.41, 5.74) is 4.31. The van der Waals surface area contributed by atoms with Crippen LogP contribution in [0.25, 0.3) is 10.9 Å². The van der Waals surface area contributed by atoms with E-state index in [1.165, 1.54) is 11.1 Å². The Morgan fingerprint density at radius 1 is 1.24 bits per heavy atom. The van der Waals surface area contributed by atoms with Gasteiger partial charge in [0.15, 0.2) is 0 Å². The smallest absolute Gasteiger partial charge is 0.0770 e. The molecule has 1 saturated heterocycles. The van der Waals surface area contributed by atoms with Crippen LogP contribution in [0.1, 0.15) is 11.3 Å². The Kier molecular flexibility index (Phi) is 5.36. The summed E-state index contributed by atoms with van der Waals surface area (Å²) in [6.45, 7) is 8.13. The zero-order chi connectivity index (χ0) is 14.3. The van der Waals surface area contributed by atoms with Gasteiger partial charge in [0.2, 0.25) is 0 Å². The van der Waals surface area contributed by atoms with E-state index in [2.05, 4.69) is 32.2 Å². The van der Waals surface area contributed by atoms with Crippen LogP contribution in [-0.4, -0.2) is 31.2 Å². The second kappa shape index (κ2) is 6.69. The third-order valence-corrected chi connectivity index (χ3v) is 5.22. The van der Waals surface area contributed by atoms with E-state index in [0.29, 0.717) is 0 Å². The fourth-order valence-electron chi connectivity index (χ4n) is 2.71.